The number of hydrogen-bond acceptors (Lipinski definition) is 5. The van der Waals surface area contributed by atoms with E-state index in [4.69, 9.17) is 4.74 Å². The van der Waals surface area contributed by atoms with Crippen molar-refractivity contribution in [3.05, 3.63) is 53.7 Å². The molecule has 2 fully saturated rings. The summed E-state index contributed by atoms with van der Waals surface area (Å²) < 4.78 is 44.4. The quantitative estimate of drug-likeness (QED) is 0.752. The molecule has 0 spiro atoms. The first-order valence-corrected chi connectivity index (χ1v) is 10.9. The number of nitrogens with one attached hydrogen (secondary N) is 1. The maximum absolute atomic E-state index is 13.2. The van der Waals surface area contributed by atoms with Crippen LogP contribution in [0, 0.1) is 5.92 Å². The van der Waals surface area contributed by atoms with Gasteiger partial charge in [0, 0.05) is 44.0 Å². The summed E-state index contributed by atoms with van der Waals surface area (Å²) in [4.78, 5) is 33.6. The lowest BCUT2D eigenvalue weighted by Gasteiger charge is -2.35. The Morgan fingerprint density at radius 2 is 1.73 bits per heavy atom. The van der Waals surface area contributed by atoms with Crippen molar-refractivity contribution in [1.82, 2.24) is 14.8 Å². The lowest BCUT2D eigenvalue weighted by molar-refractivity contribution is -0.141. The van der Waals surface area contributed by atoms with Gasteiger partial charge in [0.1, 0.15) is 5.82 Å². The number of nitrogens with zero attached hydrogens (tertiary/aromatic N) is 3. The van der Waals surface area contributed by atoms with E-state index in [0.29, 0.717) is 52.2 Å². The summed E-state index contributed by atoms with van der Waals surface area (Å²) in [6.45, 7) is 3.14. The van der Waals surface area contributed by atoms with Gasteiger partial charge in [-0.3, -0.25) is 9.59 Å². The highest BCUT2D eigenvalue weighted by Gasteiger charge is 2.32. The predicted octanol–water partition coefficient (Wildman–Crippen LogP) is 3.56. The van der Waals surface area contributed by atoms with Gasteiger partial charge in [-0.05, 0) is 43.2 Å². The summed E-state index contributed by atoms with van der Waals surface area (Å²) in [6, 6.07) is 7.95. The van der Waals surface area contributed by atoms with Crippen LogP contribution in [-0.4, -0.2) is 66.0 Å². The number of morpholine rings is 1. The molecule has 176 valence electrons. The van der Waals surface area contributed by atoms with Gasteiger partial charge >= 0.3 is 6.18 Å². The van der Waals surface area contributed by atoms with Crippen LogP contribution in [0.25, 0.3) is 0 Å². The molecule has 10 heteroatoms. The molecule has 33 heavy (non-hydrogen) atoms. The summed E-state index contributed by atoms with van der Waals surface area (Å²) in [5, 5.41) is 2.84. The molecule has 2 saturated heterocycles. The number of rotatable bonds is 4. The standard InChI is InChI=1S/C23H25F3N4O3/c24-23(25,26)17-3-1-4-18(15-17)28-20-19(5-2-8-27-20)22(32)29-9-6-16(7-10-29)21(31)30-11-13-33-14-12-30/h1-5,8,15-16H,6-7,9-14H2,(H,27,28). The number of carbonyl (C=O) groups is 2. The molecule has 0 saturated carbocycles. The van der Waals surface area contributed by atoms with Crippen molar-refractivity contribution >= 4 is 23.3 Å². The molecule has 0 atom stereocenters. The Morgan fingerprint density at radius 3 is 2.42 bits per heavy atom. The Balaban J connectivity index is 1.42. The van der Waals surface area contributed by atoms with Crippen molar-refractivity contribution in [2.24, 2.45) is 5.92 Å². The second-order valence-electron chi connectivity index (χ2n) is 8.11. The Kier molecular flexibility index (Phi) is 6.83. The summed E-state index contributed by atoms with van der Waals surface area (Å²) in [5.74, 6) is -0.0920. The van der Waals surface area contributed by atoms with Crippen molar-refractivity contribution in [2.45, 2.75) is 19.0 Å². The first-order valence-electron chi connectivity index (χ1n) is 10.9. The minimum absolute atomic E-state index is 0.110. The average Bonchev–Trinajstić information content (AvgIpc) is 2.84. The molecule has 2 aromatic rings. The number of aromatic nitrogens is 1. The van der Waals surface area contributed by atoms with Crippen LogP contribution in [0.15, 0.2) is 42.6 Å². The number of hydrogen-bond donors (Lipinski definition) is 1. The van der Waals surface area contributed by atoms with Gasteiger partial charge in [0.15, 0.2) is 0 Å². The van der Waals surface area contributed by atoms with Gasteiger partial charge in [-0.2, -0.15) is 13.2 Å². The zero-order chi connectivity index (χ0) is 23.4. The van der Waals surface area contributed by atoms with Gasteiger partial charge in [-0.15, -0.1) is 0 Å². The highest BCUT2D eigenvalue weighted by Crippen LogP contribution is 2.32. The third-order valence-electron chi connectivity index (χ3n) is 5.94. The Morgan fingerprint density at radius 1 is 1.00 bits per heavy atom. The van der Waals surface area contributed by atoms with Crippen LogP contribution in [0.2, 0.25) is 0 Å². The molecule has 0 bridgehead atoms. The second-order valence-corrected chi connectivity index (χ2v) is 8.11. The van der Waals surface area contributed by atoms with Gasteiger partial charge in [0.25, 0.3) is 5.91 Å². The molecule has 1 N–H and O–H groups in total. The molecule has 0 unspecified atom stereocenters. The summed E-state index contributed by atoms with van der Waals surface area (Å²) >= 11 is 0. The molecule has 2 aliphatic rings. The molecule has 4 rings (SSSR count). The fourth-order valence-corrected chi connectivity index (χ4v) is 4.13. The molecule has 0 radical (unpaired) electrons. The van der Waals surface area contributed by atoms with Gasteiger partial charge in [-0.25, -0.2) is 4.98 Å². The van der Waals surface area contributed by atoms with Crippen molar-refractivity contribution < 1.29 is 27.5 Å². The molecule has 2 amide bonds. The van der Waals surface area contributed by atoms with Crippen molar-refractivity contribution in [3.8, 4) is 0 Å². The molecule has 7 nitrogen and oxygen atoms in total. The average molecular weight is 462 g/mol. The van der Waals surface area contributed by atoms with Crippen LogP contribution >= 0.6 is 0 Å². The number of carbonyl (C=O) groups excluding carboxylic acids is 2. The first kappa shape index (κ1) is 23.0. The Bertz CT molecular complexity index is 1000. The molecule has 1 aromatic carbocycles. The van der Waals surface area contributed by atoms with E-state index in [2.05, 4.69) is 10.3 Å². The van der Waals surface area contributed by atoms with Crippen LogP contribution in [0.4, 0.5) is 24.7 Å². The van der Waals surface area contributed by atoms with Gasteiger partial charge < -0.3 is 19.9 Å². The number of pyridine rings is 1. The maximum Gasteiger partial charge on any atom is 0.416 e. The SMILES string of the molecule is O=C(c1cccnc1Nc1cccc(C(F)(F)F)c1)N1CCC(C(=O)N2CCOCC2)CC1. The minimum atomic E-state index is -4.47. The third kappa shape index (κ3) is 5.44. The highest BCUT2D eigenvalue weighted by molar-refractivity contribution is 5.99. The molecule has 2 aliphatic heterocycles. The van der Waals surface area contributed by atoms with Crippen LogP contribution in [0.5, 0.6) is 0 Å². The van der Waals surface area contributed by atoms with E-state index in [1.165, 1.54) is 18.3 Å². The number of piperidine rings is 1. The third-order valence-corrected chi connectivity index (χ3v) is 5.94. The number of amides is 2. The first-order chi connectivity index (χ1) is 15.8. The number of ether oxygens (including phenoxy) is 1. The van der Waals surface area contributed by atoms with E-state index in [0.717, 1.165) is 12.1 Å². The highest BCUT2D eigenvalue weighted by atomic mass is 19.4. The fourth-order valence-electron chi connectivity index (χ4n) is 4.13. The number of halogens is 3. The molecular weight excluding hydrogens is 437 g/mol. The van der Waals surface area contributed by atoms with E-state index in [1.54, 1.807) is 17.0 Å². The zero-order valence-electron chi connectivity index (χ0n) is 18.0. The summed E-state index contributed by atoms with van der Waals surface area (Å²) in [7, 11) is 0. The Hall–Kier alpha value is -3.14. The summed E-state index contributed by atoms with van der Waals surface area (Å²) in [5.41, 5.74) is -0.330. The zero-order valence-corrected chi connectivity index (χ0v) is 18.0. The largest absolute Gasteiger partial charge is 0.416 e. The summed E-state index contributed by atoms with van der Waals surface area (Å²) in [6.07, 6.45) is -1.86. The van der Waals surface area contributed by atoms with Crippen molar-refractivity contribution in [2.75, 3.05) is 44.7 Å². The minimum Gasteiger partial charge on any atom is -0.378 e. The maximum atomic E-state index is 13.2. The van der Waals surface area contributed by atoms with E-state index in [9.17, 15) is 22.8 Å². The van der Waals surface area contributed by atoms with Gasteiger partial charge in [0.05, 0.1) is 24.3 Å². The van der Waals surface area contributed by atoms with E-state index in [1.807, 2.05) is 4.90 Å². The number of alkyl halides is 3. The van der Waals surface area contributed by atoms with E-state index >= 15 is 0 Å². The number of benzene rings is 1. The van der Waals surface area contributed by atoms with E-state index < -0.39 is 11.7 Å². The molecule has 0 aliphatic carbocycles. The lowest BCUT2D eigenvalue weighted by atomic mass is 9.94. The lowest BCUT2D eigenvalue weighted by Crippen LogP contribution is -2.47. The van der Waals surface area contributed by atoms with Crippen LogP contribution in [-0.2, 0) is 15.7 Å². The van der Waals surface area contributed by atoms with Crippen LogP contribution < -0.4 is 5.32 Å². The van der Waals surface area contributed by atoms with E-state index in [-0.39, 0.29) is 34.8 Å². The smallest absolute Gasteiger partial charge is 0.378 e. The van der Waals surface area contributed by atoms with Gasteiger partial charge in [0.2, 0.25) is 5.91 Å². The fraction of sp³-hybridized carbons (Fsp3) is 0.435. The molecular formula is C23H25F3N4O3. The second kappa shape index (κ2) is 9.78. The van der Waals surface area contributed by atoms with Crippen LogP contribution in [0.3, 0.4) is 0 Å². The normalized spacial score (nSPS) is 17.7. The van der Waals surface area contributed by atoms with Crippen LogP contribution in [0.1, 0.15) is 28.8 Å². The van der Waals surface area contributed by atoms with Crippen molar-refractivity contribution in [3.63, 3.8) is 0 Å². The van der Waals surface area contributed by atoms with Gasteiger partial charge in [-0.1, -0.05) is 6.07 Å². The molecule has 3 heterocycles. The number of anilines is 2. The predicted molar refractivity (Wildman–Crippen MR) is 115 cm³/mol. The topological polar surface area (TPSA) is 74.8 Å². The monoisotopic (exact) mass is 462 g/mol. The Labute approximate surface area is 189 Å². The van der Waals surface area contributed by atoms with Crippen molar-refractivity contribution in [1.29, 1.82) is 0 Å². The molecule has 1 aromatic heterocycles. The number of likely N-dealkylation sites (tertiary alicyclic amines) is 1.